The maximum Gasteiger partial charge on any atom is 0.241 e. The minimum Gasteiger partial charge on any atom is -0.377 e. The molecule has 0 aliphatic carbocycles. The molecule has 1 aliphatic heterocycles. The molecule has 262 valence electrons. The van der Waals surface area contributed by atoms with Crippen LogP contribution in [-0.4, -0.2) is 66.9 Å². The van der Waals surface area contributed by atoms with Crippen LogP contribution in [0.1, 0.15) is 16.7 Å². The van der Waals surface area contributed by atoms with Crippen molar-refractivity contribution in [1.29, 1.82) is 0 Å². The van der Waals surface area contributed by atoms with E-state index in [-0.39, 0.29) is 24.7 Å². The Morgan fingerprint density at radius 2 is 1.12 bits per heavy atom. The van der Waals surface area contributed by atoms with Crippen LogP contribution in [0.4, 0.5) is 5.69 Å². The van der Waals surface area contributed by atoms with Crippen LogP contribution >= 0.6 is 0 Å². The van der Waals surface area contributed by atoms with E-state index in [1.807, 2.05) is 134 Å². The average molecular weight is 697 g/mol. The number of rotatable bonds is 15. The van der Waals surface area contributed by atoms with Gasteiger partial charge >= 0.3 is 0 Å². The molecule has 1 saturated heterocycles. The van der Waals surface area contributed by atoms with Gasteiger partial charge < -0.3 is 28.6 Å². The van der Waals surface area contributed by atoms with Gasteiger partial charge in [0.15, 0.2) is 6.29 Å². The summed E-state index contributed by atoms with van der Waals surface area (Å²) < 4.78 is 63.0. The van der Waals surface area contributed by atoms with Gasteiger partial charge in [0.2, 0.25) is 10.0 Å². The fourth-order valence-electron chi connectivity index (χ4n) is 6.26. The number of anilines is 1. The van der Waals surface area contributed by atoms with Gasteiger partial charge in [-0.25, -0.2) is 13.1 Å². The lowest BCUT2D eigenvalue weighted by Crippen LogP contribution is -2.62. The second kappa shape index (κ2) is 16.7. The summed E-state index contributed by atoms with van der Waals surface area (Å²) in [7, 11) is 1.42. The predicted molar refractivity (Wildman–Crippen MR) is 194 cm³/mol. The zero-order valence-electron chi connectivity index (χ0n) is 28.6. The lowest BCUT2D eigenvalue weighted by molar-refractivity contribution is -0.316. The molecular formula is C40H44N2O7S. The SMILES string of the molecule is CO[C@H]1O[C@H](CNS(=O)(=O)c2cccc3c(N(C)C)cccc23)[C@H](OCc2ccccc2)[C@H](OCc2ccccc2)[C@H]1OCc1ccccc1. The van der Waals surface area contributed by atoms with E-state index < -0.39 is 40.7 Å². The van der Waals surface area contributed by atoms with Gasteiger partial charge in [-0.1, -0.05) is 115 Å². The summed E-state index contributed by atoms with van der Waals surface area (Å²) >= 11 is 0. The van der Waals surface area contributed by atoms with Gasteiger partial charge in [0.1, 0.15) is 24.4 Å². The molecule has 0 radical (unpaired) electrons. The Balaban J connectivity index is 1.31. The monoisotopic (exact) mass is 696 g/mol. The molecule has 0 spiro atoms. The topological polar surface area (TPSA) is 95.6 Å². The van der Waals surface area contributed by atoms with Crippen molar-refractivity contribution in [1.82, 2.24) is 4.72 Å². The Morgan fingerprint density at radius 1 is 0.620 bits per heavy atom. The molecule has 0 unspecified atom stereocenters. The van der Waals surface area contributed by atoms with Crippen molar-refractivity contribution in [2.24, 2.45) is 0 Å². The second-order valence-electron chi connectivity index (χ2n) is 12.4. The molecule has 0 amide bonds. The highest BCUT2D eigenvalue weighted by Crippen LogP contribution is 2.33. The first-order valence-electron chi connectivity index (χ1n) is 16.7. The number of hydrogen-bond acceptors (Lipinski definition) is 8. The molecule has 0 aromatic heterocycles. The normalized spacial score (nSPS) is 20.9. The maximum atomic E-state index is 14.0. The third kappa shape index (κ3) is 8.59. The first-order chi connectivity index (χ1) is 24.3. The van der Waals surface area contributed by atoms with Crippen LogP contribution in [0.25, 0.3) is 10.8 Å². The maximum absolute atomic E-state index is 14.0. The highest BCUT2D eigenvalue weighted by atomic mass is 32.2. The molecule has 5 atom stereocenters. The second-order valence-corrected chi connectivity index (χ2v) is 14.2. The Labute approximate surface area is 294 Å². The average Bonchev–Trinajstić information content (AvgIpc) is 3.15. The number of benzene rings is 5. The molecule has 0 bridgehead atoms. The summed E-state index contributed by atoms with van der Waals surface area (Å²) in [6.45, 7) is 0.727. The molecule has 6 rings (SSSR count). The Morgan fingerprint density at radius 3 is 1.66 bits per heavy atom. The fourth-order valence-corrected chi connectivity index (χ4v) is 7.52. The minimum atomic E-state index is -3.99. The third-order valence-electron chi connectivity index (χ3n) is 8.78. The number of nitrogens with one attached hydrogen (secondary N) is 1. The predicted octanol–water partition coefficient (Wildman–Crippen LogP) is 6.31. The van der Waals surface area contributed by atoms with Crippen molar-refractivity contribution >= 4 is 26.5 Å². The highest BCUT2D eigenvalue weighted by molar-refractivity contribution is 7.89. The largest absolute Gasteiger partial charge is 0.377 e. The van der Waals surface area contributed by atoms with E-state index in [0.29, 0.717) is 12.0 Å². The minimum absolute atomic E-state index is 0.0952. The van der Waals surface area contributed by atoms with Crippen molar-refractivity contribution in [3.05, 3.63) is 144 Å². The zero-order valence-corrected chi connectivity index (χ0v) is 29.4. The zero-order chi connectivity index (χ0) is 34.9. The summed E-state index contributed by atoms with van der Waals surface area (Å²) in [4.78, 5) is 2.15. The van der Waals surface area contributed by atoms with Gasteiger partial charge in [-0.15, -0.1) is 0 Å². The van der Waals surface area contributed by atoms with E-state index in [0.717, 1.165) is 27.8 Å². The van der Waals surface area contributed by atoms with E-state index in [1.165, 1.54) is 0 Å². The summed E-state index contributed by atoms with van der Waals surface area (Å²) in [6, 6.07) is 40.4. The summed E-state index contributed by atoms with van der Waals surface area (Å²) in [5, 5.41) is 1.46. The van der Waals surface area contributed by atoms with Crippen LogP contribution in [0.5, 0.6) is 0 Å². The third-order valence-corrected chi connectivity index (χ3v) is 10.3. The Hall–Kier alpha value is -4.13. The van der Waals surface area contributed by atoms with Crippen molar-refractivity contribution in [3.8, 4) is 0 Å². The number of sulfonamides is 1. The first kappa shape index (κ1) is 35.7. The lowest BCUT2D eigenvalue weighted by atomic mass is 9.97. The highest BCUT2D eigenvalue weighted by Gasteiger charge is 2.49. The standard InChI is InChI=1S/C40H44N2O7S/c1-42(2)34-23-13-22-33-32(34)21-14-24-36(33)50(43,44)41-25-35-37(46-26-29-15-7-4-8-16-29)38(47-27-30-17-9-5-10-18-30)39(40(45-3)49-35)48-28-31-19-11-6-12-20-31/h4-24,35,37-41H,25-28H2,1-3H3/t35-,37+,38+,39-,40+/m1/s1. The first-order valence-corrected chi connectivity index (χ1v) is 18.2. The smallest absolute Gasteiger partial charge is 0.241 e. The van der Waals surface area contributed by atoms with Crippen molar-refractivity contribution in [3.63, 3.8) is 0 Å². The quantitative estimate of drug-likeness (QED) is 0.136. The van der Waals surface area contributed by atoms with E-state index in [9.17, 15) is 8.42 Å². The van der Waals surface area contributed by atoms with Crippen LogP contribution in [0, 0.1) is 0 Å². The van der Waals surface area contributed by atoms with Gasteiger partial charge in [0, 0.05) is 44.2 Å². The number of ether oxygens (including phenoxy) is 5. The fraction of sp³-hybridized carbons (Fsp3) is 0.300. The summed E-state index contributed by atoms with van der Waals surface area (Å²) in [6.07, 6.45) is -3.77. The molecule has 1 aliphatic rings. The van der Waals surface area contributed by atoms with E-state index in [2.05, 4.69) is 4.72 Å². The molecule has 9 nitrogen and oxygen atoms in total. The van der Waals surface area contributed by atoms with Gasteiger partial charge in [0.25, 0.3) is 0 Å². The molecule has 1 heterocycles. The molecule has 50 heavy (non-hydrogen) atoms. The van der Waals surface area contributed by atoms with Gasteiger partial charge in [-0.2, -0.15) is 0 Å². The van der Waals surface area contributed by atoms with Crippen molar-refractivity contribution in [2.75, 3.05) is 32.6 Å². The molecule has 0 saturated carbocycles. The van der Waals surface area contributed by atoms with Crippen molar-refractivity contribution < 1.29 is 32.1 Å². The molecule has 1 fully saturated rings. The van der Waals surface area contributed by atoms with Crippen LogP contribution in [0.2, 0.25) is 0 Å². The number of methoxy groups -OCH3 is 1. The molecule has 5 aromatic rings. The Kier molecular flexibility index (Phi) is 11.9. The van der Waals surface area contributed by atoms with Crippen LogP contribution in [-0.2, 0) is 53.5 Å². The van der Waals surface area contributed by atoms with Crippen LogP contribution < -0.4 is 9.62 Å². The van der Waals surface area contributed by atoms with Gasteiger partial charge in [-0.3, -0.25) is 0 Å². The number of nitrogens with zero attached hydrogens (tertiary/aromatic N) is 1. The van der Waals surface area contributed by atoms with E-state index >= 15 is 0 Å². The lowest BCUT2D eigenvalue weighted by Gasteiger charge is -2.45. The van der Waals surface area contributed by atoms with Crippen LogP contribution in [0.15, 0.2) is 132 Å². The number of fused-ring (bicyclic) bond motifs is 1. The van der Waals surface area contributed by atoms with Crippen LogP contribution in [0.3, 0.4) is 0 Å². The van der Waals surface area contributed by atoms with Gasteiger partial charge in [-0.05, 0) is 28.8 Å². The molecule has 1 N–H and O–H groups in total. The number of hydrogen-bond donors (Lipinski definition) is 1. The van der Waals surface area contributed by atoms with E-state index in [4.69, 9.17) is 23.7 Å². The molecular weight excluding hydrogens is 653 g/mol. The Bertz CT molecular complexity index is 1910. The summed E-state index contributed by atoms with van der Waals surface area (Å²) in [5.74, 6) is 0. The summed E-state index contributed by atoms with van der Waals surface area (Å²) in [5.41, 5.74) is 3.83. The van der Waals surface area contributed by atoms with Crippen molar-refractivity contribution in [2.45, 2.75) is 55.4 Å². The molecule has 5 aromatic carbocycles. The van der Waals surface area contributed by atoms with Gasteiger partial charge in [0.05, 0.1) is 24.7 Å². The van der Waals surface area contributed by atoms with E-state index in [1.54, 1.807) is 19.2 Å². The molecule has 10 heteroatoms.